The van der Waals surface area contributed by atoms with Crippen LogP contribution in [-0.2, 0) is 4.79 Å². The highest BCUT2D eigenvalue weighted by Crippen LogP contribution is 2.23. The van der Waals surface area contributed by atoms with Crippen LogP contribution < -0.4 is 5.32 Å². The molecule has 1 aliphatic carbocycles. The van der Waals surface area contributed by atoms with Crippen molar-refractivity contribution >= 4 is 5.91 Å². The summed E-state index contributed by atoms with van der Waals surface area (Å²) in [5.41, 5.74) is 3.51. The van der Waals surface area contributed by atoms with Crippen molar-refractivity contribution in [3.05, 3.63) is 47.2 Å². The Hall–Kier alpha value is -1.57. The largest absolute Gasteiger partial charge is 0.326 e. The van der Waals surface area contributed by atoms with Crippen molar-refractivity contribution < 1.29 is 4.79 Å². The van der Waals surface area contributed by atoms with Crippen molar-refractivity contribution in [1.82, 2.24) is 5.32 Å². The van der Waals surface area contributed by atoms with Crippen molar-refractivity contribution in [2.45, 2.75) is 26.7 Å². The van der Waals surface area contributed by atoms with Gasteiger partial charge in [0.25, 0.3) is 0 Å². The third-order valence-electron chi connectivity index (χ3n) is 2.91. The van der Waals surface area contributed by atoms with Crippen LogP contribution in [0.3, 0.4) is 0 Å². The molecule has 1 N–H and O–H groups in total. The molecule has 0 bridgehead atoms. The number of nitrogens with one attached hydrogen (secondary N) is 1. The molecular formula is C14H17NO. The quantitative estimate of drug-likeness (QED) is 0.716. The van der Waals surface area contributed by atoms with Crippen LogP contribution in [0.5, 0.6) is 0 Å². The van der Waals surface area contributed by atoms with Gasteiger partial charge in [-0.15, -0.1) is 0 Å². The van der Waals surface area contributed by atoms with E-state index in [2.05, 4.69) is 31.3 Å². The van der Waals surface area contributed by atoms with E-state index in [9.17, 15) is 4.79 Å². The topological polar surface area (TPSA) is 29.1 Å². The number of hydrogen-bond donors (Lipinski definition) is 1. The summed E-state index contributed by atoms with van der Waals surface area (Å²) in [6, 6.07) is 0. The van der Waals surface area contributed by atoms with E-state index in [1.165, 1.54) is 11.1 Å². The van der Waals surface area contributed by atoms with Gasteiger partial charge in [-0.25, -0.2) is 0 Å². The summed E-state index contributed by atoms with van der Waals surface area (Å²) in [5.74, 6) is 0.626. The predicted octanol–water partition coefficient (Wildman–Crippen LogP) is 2.86. The Labute approximate surface area is 96.4 Å². The van der Waals surface area contributed by atoms with Crippen molar-refractivity contribution in [3.63, 3.8) is 0 Å². The summed E-state index contributed by atoms with van der Waals surface area (Å²) < 4.78 is 0. The lowest BCUT2D eigenvalue weighted by atomic mass is 9.94. The van der Waals surface area contributed by atoms with Crippen molar-refractivity contribution in [1.29, 1.82) is 0 Å². The fourth-order valence-corrected chi connectivity index (χ4v) is 1.90. The average molecular weight is 215 g/mol. The Balaban J connectivity index is 2.38. The number of hydrogen-bond acceptors (Lipinski definition) is 1. The average Bonchev–Trinajstić information content (AvgIpc) is 2.20. The molecule has 0 atom stereocenters. The molecular weight excluding hydrogens is 198 g/mol. The molecule has 0 spiro atoms. The molecule has 1 aliphatic heterocycles. The van der Waals surface area contributed by atoms with E-state index in [1.807, 2.05) is 18.2 Å². The number of carbonyl (C=O) groups is 1. The van der Waals surface area contributed by atoms with Gasteiger partial charge < -0.3 is 5.32 Å². The van der Waals surface area contributed by atoms with E-state index in [4.69, 9.17) is 0 Å². The van der Waals surface area contributed by atoms with Gasteiger partial charge in [-0.2, -0.15) is 0 Å². The Morgan fingerprint density at radius 3 is 2.69 bits per heavy atom. The minimum absolute atomic E-state index is 0.118. The maximum atomic E-state index is 11.3. The first-order chi connectivity index (χ1) is 7.66. The molecule has 2 rings (SSSR count). The number of amides is 1. The Morgan fingerprint density at radius 2 is 1.94 bits per heavy atom. The predicted molar refractivity (Wildman–Crippen MR) is 65.6 cm³/mol. The molecule has 1 amide bonds. The second kappa shape index (κ2) is 4.52. The summed E-state index contributed by atoms with van der Waals surface area (Å²) in [7, 11) is 0. The van der Waals surface area contributed by atoms with Crippen molar-refractivity contribution in [2.75, 3.05) is 0 Å². The summed E-state index contributed by atoms with van der Waals surface area (Å²) in [5, 5.41) is 2.92. The van der Waals surface area contributed by atoms with Crippen LogP contribution in [0.15, 0.2) is 47.2 Å². The number of rotatable bonds is 1. The lowest BCUT2D eigenvalue weighted by molar-refractivity contribution is -0.120. The van der Waals surface area contributed by atoms with E-state index >= 15 is 0 Å². The van der Waals surface area contributed by atoms with Crippen LogP contribution in [0.4, 0.5) is 0 Å². The molecule has 2 heteroatoms. The Morgan fingerprint density at radius 1 is 1.19 bits per heavy atom. The molecule has 0 radical (unpaired) electrons. The zero-order valence-corrected chi connectivity index (χ0v) is 9.79. The van der Waals surface area contributed by atoms with Crippen LogP contribution in [0, 0.1) is 5.92 Å². The van der Waals surface area contributed by atoms with Crippen LogP contribution in [0.2, 0.25) is 0 Å². The van der Waals surface area contributed by atoms with Gasteiger partial charge in [0.05, 0.1) is 0 Å². The van der Waals surface area contributed by atoms with E-state index in [1.54, 1.807) is 0 Å². The fraction of sp³-hybridized carbons (Fsp3) is 0.357. The maximum absolute atomic E-state index is 11.3. The second-order valence-electron chi connectivity index (χ2n) is 4.50. The first-order valence-corrected chi connectivity index (χ1v) is 5.76. The first-order valence-electron chi connectivity index (χ1n) is 5.76. The number of carbonyl (C=O) groups excluding carboxylic acids is 1. The van der Waals surface area contributed by atoms with Crippen molar-refractivity contribution in [3.8, 4) is 0 Å². The van der Waals surface area contributed by atoms with Crippen LogP contribution in [-0.4, -0.2) is 5.91 Å². The van der Waals surface area contributed by atoms with Gasteiger partial charge in [0.2, 0.25) is 5.91 Å². The summed E-state index contributed by atoms with van der Waals surface area (Å²) in [6.45, 7) is 4.37. The summed E-state index contributed by atoms with van der Waals surface area (Å²) in [6.07, 6.45) is 11.8. The van der Waals surface area contributed by atoms with Crippen LogP contribution >= 0.6 is 0 Å². The van der Waals surface area contributed by atoms with Gasteiger partial charge in [-0.05, 0) is 29.6 Å². The maximum Gasteiger partial charge on any atom is 0.224 e. The molecule has 0 aromatic heterocycles. The second-order valence-corrected chi connectivity index (χ2v) is 4.50. The van der Waals surface area contributed by atoms with Gasteiger partial charge in [0.1, 0.15) is 0 Å². The minimum Gasteiger partial charge on any atom is -0.326 e. The molecule has 2 aliphatic rings. The standard InChI is InChI=1S/C14H17NO/c1-10(2)11-5-3-4-6-13-12(9-11)7-8-14(16)15-13/h3-6,9-10H,7-8H2,1-2H3,(H,15,16)/b4-3?,5-3+,6-4+,11-5?,11-9-,12-9?,13-6?. The Kier molecular flexibility index (Phi) is 3.09. The van der Waals surface area contributed by atoms with Gasteiger partial charge in [0, 0.05) is 12.1 Å². The zero-order valence-electron chi connectivity index (χ0n) is 9.79. The summed E-state index contributed by atoms with van der Waals surface area (Å²) in [4.78, 5) is 11.3. The van der Waals surface area contributed by atoms with E-state index < -0.39 is 0 Å². The first kappa shape index (κ1) is 10.9. The van der Waals surface area contributed by atoms with Gasteiger partial charge in [-0.1, -0.05) is 38.2 Å². The van der Waals surface area contributed by atoms with E-state index in [-0.39, 0.29) is 5.91 Å². The van der Waals surface area contributed by atoms with Gasteiger partial charge >= 0.3 is 0 Å². The van der Waals surface area contributed by atoms with Gasteiger partial charge in [0.15, 0.2) is 0 Å². The molecule has 0 aromatic rings. The smallest absolute Gasteiger partial charge is 0.224 e. The fourth-order valence-electron chi connectivity index (χ4n) is 1.90. The molecule has 1 heterocycles. The molecule has 0 saturated heterocycles. The molecule has 2 nitrogen and oxygen atoms in total. The van der Waals surface area contributed by atoms with Crippen molar-refractivity contribution in [2.24, 2.45) is 5.92 Å². The van der Waals surface area contributed by atoms with Crippen LogP contribution in [0.1, 0.15) is 26.7 Å². The molecule has 0 unspecified atom stereocenters. The molecule has 84 valence electrons. The lowest BCUT2D eigenvalue weighted by Crippen LogP contribution is -2.27. The zero-order chi connectivity index (χ0) is 11.5. The highest BCUT2D eigenvalue weighted by atomic mass is 16.1. The molecule has 0 aromatic carbocycles. The monoisotopic (exact) mass is 215 g/mol. The minimum atomic E-state index is 0.118. The highest BCUT2D eigenvalue weighted by molar-refractivity contribution is 5.80. The Bertz CT molecular complexity index is 422. The summed E-state index contributed by atoms with van der Waals surface area (Å²) >= 11 is 0. The number of allylic oxidation sites excluding steroid dienone is 7. The normalized spacial score (nSPS) is 27.4. The third kappa shape index (κ3) is 2.32. The molecule has 0 fully saturated rings. The molecule has 0 saturated carbocycles. The third-order valence-corrected chi connectivity index (χ3v) is 2.91. The van der Waals surface area contributed by atoms with E-state index in [0.29, 0.717) is 12.3 Å². The lowest BCUT2D eigenvalue weighted by Gasteiger charge is -2.19. The van der Waals surface area contributed by atoms with Crippen LogP contribution in [0.25, 0.3) is 0 Å². The SMILES string of the molecule is CC(C)C1=C/C2=C(/C=C/C=C/1)NC(=O)CC2. The molecule has 16 heavy (non-hydrogen) atoms. The van der Waals surface area contributed by atoms with Gasteiger partial charge in [-0.3, -0.25) is 4.79 Å². The highest BCUT2D eigenvalue weighted by Gasteiger charge is 2.15. The van der Waals surface area contributed by atoms with E-state index in [0.717, 1.165) is 12.1 Å².